The van der Waals surface area contributed by atoms with E-state index < -0.39 is 4.92 Å². The number of hydrogen-bond donors (Lipinski definition) is 2. The number of aliphatic hydroxyl groups excluding tert-OH is 1. The first-order chi connectivity index (χ1) is 9.54. The third-order valence-corrected chi connectivity index (χ3v) is 2.68. The Labute approximate surface area is 116 Å². The molecule has 112 valence electrons. The Hall–Kier alpha value is -2.00. The molecule has 1 aromatic heterocycles. The first-order valence-corrected chi connectivity index (χ1v) is 6.10. The number of rotatable bonds is 8. The molecule has 9 heteroatoms. The van der Waals surface area contributed by atoms with Gasteiger partial charge in [0.05, 0.1) is 18.1 Å². The molecule has 20 heavy (non-hydrogen) atoms. The van der Waals surface area contributed by atoms with Gasteiger partial charge < -0.3 is 20.1 Å². The maximum atomic E-state index is 11.2. The Balaban J connectivity index is 3.28. The van der Waals surface area contributed by atoms with Crippen molar-refractivity contribution in [2.24, 2.45) is 0 Å². The number of aryl methyl sites for hydroxylation is 1. The maximum absolute atomic E-state index is 11.2. The molecule has 1 heterocycles. The molecule has 1 aromatic rings. The average molecular weight is 285 g/mol. The lowest BCUT2D eigenvalue weighted by Crippen LogP contribution is -2.32. The lowest BCUT2D eigenvalue weighted by atomic mass is 10.3. The van der Waals surface area contributed by atoms with E-state index >= 15 is 0 Å². The summed E-state index contributed by atoms with van der Waals surface area (Å²) in [5, 5.41) is 23.1. The van der Waals surface area contributed by atoms with Gasteiger partial charge in [-0.3, -0.25) is 10.1 Å². The van der Waals surface area contributed by atoms with Crippen molar-refractivity contribution in [3.63, 3.8) is 0 Å². The second kappa shape index (κ2) is 7.56. The lowest BCUT2D eigenvalue weighted by molar-refractivity contribution is -0.385. The highest BCUT2D eigenvalue weighted by Crippen LogP contribution is 2.29. The zero-order valence-corrected chi connectivity index (χ0v) is 11.8. The van der Waals surface area contributed by atoms with Gasteiger partial charge >= 0.3 is 5.69 Å². The van der Waals surface area contributed by atoms with Gasteiger partial charge in [0.1, 0.15) is 5.69 Å². The molecule has 1 rings (SSSR count). The SMILES string of the molecule is CNc1nc(C)c([N+](=O)[O-])c(N(CCO)CCOC)n1. The van der Waals surface area contributed by atoms with E-state index in [1.807, 2.05) is 0 Å². The van der Waals surface area contributed by atoms with Gasteiger partial charge in [-0.1, -0.05) is 0 Å². The number of aliphatic hydroxyl groups is 1. The zero-order chi connectivity index (χ0) is 15.1. The summed E-state index contributed by atoms with van der Waals surface area (Å²) >= 11 is 0. The van der Waals surface area contributed by atoms with Crippen molar-refractivity contribution in [2.75, 3.05) is 50.7 Å². The zero-order valence-electron chi connectivity index (χ0n) is 11.8. The lowest BCUT2D eigenvalue weighted by Gasteiger charge is -2.22. The van der Waals surface area contributed by atoms with Crippen molar-refractivity contribution >= 4 is 17.5 Å². The van der Waals surface area contributed by atoms with Gasteiger partial charge in [-0.25, -0.2) is 4.98 Å². The number of ether oxygens (including phenoxy) is 1. The van der Waals surface area contributed by atoms with Crippen molar-refractivity contribution in [1.29, 1.82) is 0 Å². The molecule has 0 saturated heterocycles. The largest absolute Gasteiger partial charge is 0.395 e. The number of nitrogens with one attached hydrogen (secondary N) is 1. The van der Waals surface area contributed by atoms with Crippen LogP contribution in [0.25, 0.3) is 0 Å². The third kappa shape index (κ3) is 3.75. The van der Waals surface area contributed by atoms with Gasteiger partial charge in [0.25, 0.3) is 0 Å². The summed E-state index contributed by atoms with van der Waals surface area (Å²) in [4.78, 5) is 20.5. The van der Waals surface area contributed by atoms with Crippen LogP contribution in [0.15, 0.2) is 0 Å². The average Bonchev–Trinajstić information content (AvgIpc) is 2.41. The van der Waals surface area contributed by atoms with Gasteiger partial charge in [0.2, 0.25) is 11.8 Å². The number of aromatic nitrogens is 2. The normalized spacial score (nSPS) is 10.4. The molecule has 0 aromatic carbocycles. The van der Waals surface area contributed by atoms with Crippen LogP contribution in [0.1, 0.15) is 5.69 Å². The van der Waals surface area contributed by atoms with E-state index in [0.29, 0.717) is 19.1 Å². The Bertz CT molecular complexity index is 468. The molecule has 0 aliphatic heterocycles. The Morgan fingerprint density at radius 1 is 1.45 bits per heavy atom. The van der Waals surface area contributed by atoms with Gasteiger partial charge in [-0.2, -0.15) is 4.98 Å². The van der Waals surface area contributed by atoms with E-state index in [-0.39, 0.29) is 30.4 Å². The predicted molar refractivity (Wildman–Crippen MR) is 74.1 cm³/mol. The van der Waals surface area contributed by atoms with Crippen LogP contribution < -0.4 is 10.2 Å². The molecule has 0 aliphatic rings. The minimum Gasteiger partial charge on any atom is -0.395 e. The van der Waals surface area contributed by atoms with Crippen LogP contribution in [0.3, 0.4) is 0 Å². The first kappa shape index (κ1) is 16.1. The topological polar surface area (TPSA) is 114 Å². The fourth-order valence-electron chi connectivity index (χ4n) is 1.74. The molecule has 0 radical (unpaired) electrons. The highest BCUT2D eigenvalue weighted by molar-refractivity contribution is 5.62. The molecular formula is C11H19N5O4. The molecule has 9 nitrogen and oxygen atoms in total. The molecule has 0 unspecified atom stereocenters. The summed E-state index contributed by atoms with van der Waals surface area (Å²) in [5.41, 5.74) is 0.109. The summed E-state index contributed by atoms with van der Waals surface area (Å²) in [5.74, 6) is 0.474. The van der Waals surface area contributed by atoms with Crippen LogP contribution >= 0.6 is 0 Å². The van der Waals surface area contributed by atoms with E-state index in [0.717, 1.165) is 0 Å². The number of anilines is 2. The molecule has 0 atom stereocenters. The van der Waals surface area contributed by atoms with Crippen LogP contribution in [0.4, 0.5) is 17.5 Å². The van der Waals surface area contributed by atoms with Gasteiger partial charge in [0.15, 0.2) is 0 Å². The Morgan fingerprint density at radius 3 is 2.65 bits per heavy atom. The van der Waals surface area contributed by atoms with Crippen LogP contribution in [0.2, 0.25) is 0 Å². The summed E-state index contributed by atoms with van der Waals surface area (Å²) in [6.45, 7) is 2.40. The van der Waals surface area contributed by atoms with E-state index in [9.17, 15) is 10.1 Å². The minimum absolute atomic E-state index is 0.140. The summed E-state index contributed by atoms with van der Waals surface area (Å²) in [7, 11) is 3.17. The summed E-state index contributed by atoms with van der Waals surface area (Å²) < 4.78 is 4.98. The van der Waals surface area contributed by atoms with Gasteiger partial charge in [0, 0.05) is 27.2 Å². The standard InChI is InChI=1S/C11H19N5O4/c1-8-9(16(18)19)10(14-11(12-2)13-8)15(4-6-17)5-7-20-3/h17H,4-7H2,1-3H3,(H,12,13,14). The van der Waals surface area contributed by atoms with E-state index in [1.165, 1.54) is 7.11 Å². The molecule has 0 amide bonds. The van der Waals surface area contributed by atoms with E-state index in [4.69, 9.17) is 9.84 Å². The smallest absolute Gasteiger partial charge is 0.332 e. The Morgan fingerprint density at radius 2 is 2.15 bits per heavy atom. The van der Waals surface area contributed by atoms with Gasteiger partial charge in [-0.05, 0) is 6.92 Å². The number of nitrogens with zero attached hydrogens (tertiary/aromatic N) is 4. The second-order valence-corrected chi connectivity index (χ2v) is 4.02. The van der Waals surface area contributed by atoms with Crippen molar-refractivity contribution in [2.45, 2.75) is 6.92 Å². The van der Waals surface area contributed by atoms with Crippen molar-refractivity contribution in [1.82, 2.24) is 9.97 Å². The first-order valence-electron chi connectivity index (χ1n) is 6.10. The second-order valence-electron chi connectivity index (χ2n) is 4.02. The molecule has 2 N–H and O–H groups in total. The fraction of sp³-hybridized carbons (Fsp3) is 0.636. The highest BCUT2D eigenvalue weighted by atomic mass is 16.6. The van der Waals surface area contributed by atoms with Crippen LogP contribution in [0.5, 0.6) is 0 Å². The highest BCUT2D eigenvalue weighted by Gasteiger charge is 2.26. The van der Waals surface area contributed by atoms with Crippen LogP contribution in [0, 0.1) is 17.0 Å². The molecule has 0 spiro atoms. The van der Waals surface area contributed by atoms with Gasteiger partial charge in [-0.15, -0.1) is 0 Å². The maximum Gasteiger partial charge on any atom is 0.332 e. The summed E-state index contributed by atoms with van der Waals surface area (Å²) in [6.07, 6.45) is 0. The number of methoxy groups -OCH3 is 1. The molecule has 0 bridgehead atoms. The third-order valence-electron chi connectivity index (χ3n) is 2.68. The van der Waals surface area contributed by atoms with E-state index in [1.54, 1.807) is 18.9 Å². The molecular weight excluding hydrogens is 266 g/mol. The molecule has 0 saturated carbocycles. The molecule has 0 aliphatic carbocycles. The Kier molecular flexibility index (Phi) is 6.07. The quantitative estimate of drug-likeness (QED) is 0.513. The molecule has 0 fully saturated rings. The summed E-state index contributed by atoms with van der Waals surface area (Å²) in [6, 6.07) is 0. The van der Waals surface area contributed by atoms with Crippen LogP contribution in [-0.4, -0.2) is 60.5 Å². The predicted octanol–water partition coefficient (Wildman–Crippen LogP) is 0.180. The van der Waals surface area contributed by atoms with Crippen molar-refractivity contribution in [3.8, 4) is 0 Å². The monoisotopic (exact) mass is 285 g/mol. The minimum atomic E-state index is -0.513. The number of nitro groups is 1. The fourth-order valence-corrected chi connectivity index (χ4v) is 1.74. The van der Waals surface area contributed by atoms with Crippen LogP contribution in [-0.2, 0) is 4.74 Å². The van der Waals surface area contributed by atoms with E-state index in [2.05, 4.69) is 15.3 Å². The van der Waals surface area contributed by atoms with Crippen molar-refractivity contribution < 1.29 is 14.8 Å². The van der Waals surface area contributed by atoms with Crippen molar-refractivity contribution in [3.05, 3.63) is 15.8 Å². The number of hydrogen-bond acceptors (Lipinski definition) is 8.